The monoisotopic (exact) mass is 264 g/mol. The van der Waals surface area contributed by atoms with Gasteiger partial charge in [0.15, 0.2) is 0 Å². The minimum atomic E-state index is 0.163. The van der Waals surface area contributed by atoms with Crippen molar-refractivity contribution in [3.63, 3.8) is 0 Å². The molecule has 0 unspecified atom stereocenters. The number of ether oxygens (including phenoxy) is 1. The highest BCUT2D eigenvalue weighted by atomic mass is 16.5. The Morgan fingerprint density at radius 1 is 1.42 bits per heavy atom. The number of carbonyl (C=O) groups is 1. The Kier molecular flexibility index (Phi) is 4.54. The Morgan fingerprint density at radius 3 is 2.89 bits per heavy atom. The van der Waals surface area contributed by atoms with E-state index in [2.05, 4.69) is 20.6 Å². The molecule has 1 aliphatic rings. The third kappa shape index (κ3) is 4.39. The molecular weight excluding hydrogens is 244 g/mol. The molecule has 1 heterocycles. The van der Waals surface area contributed by atoms with E-state index in [1.54, 1.807) is 6.07 Å². The first-order valence-corrected chi connectivity index (χ1v) is 6.69. The van der Waals surface area contributed by atoms with Crippen LogP contribution >= 0.6 is 0 Å². The van der Waals surface area contributed by atoms with Gasteiger partial charge in [0.2, 0.25) is 11.8 Å². The lowest BCUT2D eigenvalue weighted by Gasteiger charge is -2.09. The Labute approximate surface area is 113 Å². The van der Waals surface area contributed by atoms with Crippen molar-refractivity contribution in [1.82, 2.24) is 15.3 Å². The highest BCUT2D eigenvalue weighted by Crippen LogP contribution is 2.28. The van der Waals surface area contributed by atoms with Gasteiger partial charge in [-0.25, -0.2) is 4.98 Å². The highest BCUT2D eigenvalue weighted by Gasteiger charge is 2.28. The second kappa shape index (κ2) is 6.36. The second-order valence-electron chi connectivity index (χ2n) is 4.56. The summed E-state index contributed by atoms with van der Waals surface area (Å²) < 4.78 is 5.35. The number of nitrogens with one attached hydrogen (secondary N) is 2. The molecule has 0 saturated heterocycles. The zero-order valence-electron chi connectivity index (χ0n) is 11.4. The average molecular weight is 264 g/mol. The van der Waals surface area contributed by atoms with Gasteiger partial charge in [-0.3, -0.25) is 4.79 Å². The normalized spacial score (nSPS) is 14.0. The van der Waals surface area contributed by atoms with E-state index in [1.165, 1.54) is 0 Å². The molecule has 2 N–H and O–H groups in total. The van der Waals surface area contributed by atoms with Gasteiger partial charge in [-0.2, -0.15) is 4.98 Å². The van der Waals surface area contributed by atoms with Gasteiger partial charge in [-0.1, -0.05) is 0 Å². The van der Waals surface area contributed by atoms with E-state index in [4.69, 9.17) is 4.74 Å². The predicted octanol–water partition coefficient (Wildman–Crippen LogP) is 1.12. The summed E-state index contributed by atoms with van der Waals surface area (Å²) in [7, 11) is 0. The zero-order valence-corrected chi connectivity index (χ0v) is 11.4. The van der Waals surface area contributed by atoms with Crippen LogP contribution in [0.25, 0.3) is 0 Å². The molecule has 0 bridgehead atoms. The molecule has 0 atom stereocenters. The van der Waals surface area contributed by atoms with Crippen molar-refractivity contribution in [2.75, 3.05) is 25.0 Å². The van der Waals surface area contributed by atoms with Crippen molar-refractivity contribution in [2.24, 2.45) is 5.92 Å². The SMILES string of the molecule is CCOc1cc(NCCNC(=O)C2CC2)nc(C)n1. The van der Waals surface area contributed by atoms with Crippen LogP contribution in [-0.4, -0.2) is 35.6 Å². The van der Waals surface area contributed by atoms with Crippen molar-refractivity contribution < 1.29 is 9.53 Å². The van der Waals surface area contributed by atoms with Gasteiger partial charge in [0.05, 0.1) is 6.61 Å². The maximum atomic E-state index is 11.4. The van der Waals surface area contributed by atoms with Crippen LogP contribution in [-0.2, 0) is 4.79 Å². The Balaban J connectivity index is 1.76. The molecule has 1 saturated carbocycles. The van der Waals surface area contributed by atoms with Gasteiger partial charge in [0.1, 0.15) is 11.6 Å². The maximum Gasteiger partial charge on any atom is 0.223 e. The van der Waals surface area contributed by atoms with Gasteiger partial charge in [0, 0.05) is 25.1 Å². The first-order valence-electron chi connectivity index (χ1n) is 6.69. The summed E-state index contributed by atoms with van der Waals surface area (Å²) in [5.41, 5.74) is 0. The van der Waals surface area contributed by atoms with Gasteiger partial charge >= 0.3 is 0 Å². The van der Waals surface area contributed by atoms with E-state index in [-0.39, 0.29) is 11.8 Å². The number of hydrogen-bond donors (Lipinski definition) is 2. The number of nitrogens with zero attached hydrogens (tertiary/aromatic N) is 2. The standard InChI is InChI=1S/C13H20N4O2/c1-3-19-12-8-11(16-9(2)17-12)14-6-7-15-13(18)10-4-5-10/h8,10H,3-7H2,1-2H3,(H,15,18)(H,14,16,17). The number of aromatic nitrogens is 2. The molecule has 19 heavy (non-hydrogen) atoms. The molecule has 1 aromatic rings. The van der Waals surface area contributed by atoms with Crippen LogP contribution in [0, 0.1) is 12.8 Å². The van der Waals surface area contributed by atoms with E-state index in [0.717, 1.165) is 18.7 Å². The third-order valence-electron chi connectivity index (χ3n) is 2.79. The first-order chi connectivity index (χ1) is 9.19. The number of anilines is 1. The summed E-state index contributed by atoms with van der Waals surface area (Å²) in [6.07, 6.45) is 2.06. The third-order valence-corrected chi connectivity index (χ3v) is 2.79. The van der Waals surface area contributed by atoms with E-state index in [1.807, 2.05) is 13.8 Å². The molecular formula is C13H20N4O2. The fraction of sp³-hybridized carbons (Fsp3) is 0.615. The van der Waals surface area contributed by atoms with Crippen molar-refractivity contribution in [3.05, 3.63) is 11.9 Å². The fourth-order valence-corrected chi connectivity index (χ4v) is 1.72. The molecule has 104 valence electrons. The molecule has 2 rings (SSSR count). The Bertz CT molecular complexity index is 446. The minimum Gasteiger partial charge on any atom is -0.478 e. The van der Waals surface area contributed by atoms with E-state index < -0.39 is 0 Å². The van der Waals surface area contributed by atoms with Crippen LogP contribution in [0.3, 0.4) is 0 Å². The summed E-state index contributed by atoms with van der Waals surface area (Å²) in [4.78, 5) is 19.9. The lowest BCUT2D eigenvalue weighted by molar-refractivity contribution is -0.122. The number of carbonyl (C=O) groups excluding carboxylic acids is 1. The van der Waals surface area contributed by atoms with E-state index in [0.29, 0.717) is 31.4 Å². The minimum absolute atomic E-state index is 0.163. The van der Waals surface area contributed by atoms with Crippen LogP contribution in [0.15, 0.2) is 6.07 Å². The van der Waals surface area contributed by atoms with Crippen LogP contribution in [0.2, 0.25) is 0 Å². The molecule has 6 heteroatoms. The van der Waals surface area contributed by atoms with E-state index >= 15 is 0 Å². The van der Waals surface area contributed by atoms with E-state index in [9.17, 15) is 4.79 Å². The molecule has 0 radical (unpaired) electrons. The largest absolute Gasteiger partial charge is 0.478 e. The quantitative estimate of drug-likeness (QED) is 0.722. The topological polar surface area (TPSA) is 76.1 Å². The van der Waals surface area contributed by atoms with Crippen LogP contribution < -0.4 is 15.4 Å². The van der Waals surface area contributed by atoms with Crippen LogP contribution in [0.5, 0.6) is 5.88 Å². The van der Waals surface area contributed by atoms with Crippen LogP contribution in [0.4, 0.5) is 5.82 Å². The average Bonchev–Trinajstić information content (AvgIpc) is 3.18. The lowest BCUT2D eigenvalue weighted by atomic mass is 10.4. The highest BCUT2D eigenvalue weighted by molar-refractivity contribution is 5.80. The van der Waals surface area contributed by atoms with Crippen molar-refractivity contribution in [3.8, 4) is 5.88 Å². The van der Waals surface area contributed by atoms with Gasteiger partial charge in [0.25, 0.3) is 0 Å². The molecule has 0 spiro atoms. The number of aryl methyl sites for hydroxylation is 1. The van der Waals surface area contributed by atoms with Gasteiger partial charge < -0.3 is 15.4 Å². The maximum absolute atomic E-state index is 11.4. The van der Waals surface area contributed by atoms with Crippen molar-refractivity contribution >= 4 is 11.7 Å². The molecule has 1 aromatic heterocycles. The number of hydrogen-bond acceptors (Lipinski definition) is 5. The molecule has 1 aliphatic carbocycles. The lowest BCUT2D eigenvalue weighted by Crippen LogP contribution is -2.30. The summed E-state index contributed by atoms with van der Waals surface area (Å²) in [5.74, 6) is 2.37. The second-order valence-corrected chi connectivity index (χ2v) is 4.56. The number of amides is 1. The summed E-state index contributed by atoms with van der Waals surface area (Å²) in [6, 6.07) is 1.76. The van der Waals surface area contributed by atoms with Crippen molar-refractivity contribution in [2.45, 2.75) is 26.7 Å². The predicted molar refractivity (Wildman–Crippen MR) is 72.2 cm³/mol. The van der Waals surface area contributed by atoms with Gasteiger partial charge in [-0.15, -0.1) is 0 Å². The molecule has 1 fully saturated rings. The van der Waals surface area contributed by atoms with Crippen molar-refractivity contribution in [1.29, 1.82) is 0 Å². The van der Waals surface area contributed by atoms with Crippen LogP contribution in [0.1, 0.15) is 25.6 Å². The Morgan fingerprint density at radius 2 is 2.21 bits per heavy atom. The van der Waals surface area contributed by atoms with Gasteiger partial charge in [-0.05, 0) is 26.7 Å². The molecule has 6 nitrogen and oxygen atoms in total. The smallest absolute Gasteiger partial charge is 0.223 e. The zero-order chi connectivity index (χ0) is 13.7. The summed E-state index contributed by atoms with van der Waals surface area (Å²) >= 11 is 0. The fourth-order valence-electron chi connectivity index (χ4n) is 1.72. The number of rotatable bonds is 7. The molecule has 1 amide bonds. The Hall–Kier alpha value is -1.85. The molecule has 0 aliphatic heterocycles. The molecule has 0 aromatic carbocycles. The summed E-state index contributed by atoms with van der Waals surface area (Å²) in [5, 5.41) is 6.05. The first kappa shape index (κ1) is 13.6. The summed E-state index contributed by atoms with van der Waals surface area (Å²) in [6.45, 7) is 5.55.